The highest BCUT2D eigenvalue weighted by atomic mass is 19.1. The Hall–Kier alpha value is -1.13. The lowest BCUT2D eigenvalue weighted by Gasteiger charge is -2.34. The molecule has 0 saturated carbocycles. The van der Waals surface area contributed by atoms with Crippen LogP contribution in [0.3, 0.4) is 0 Å². The number of hydrogen-bond donors (Lipinski definition) is 1. The summed E-state index contributed by atoms with van der Waals surface area (Å²) in [6, 6.07) is 5.79. The van der Waals surface area contributed by atoms with Crippen molar-refractivity contribution >= 4 is 5.69 Å². The molecule has 1 aromatic rings. The van der Waals surface area contributed by atoms with Gasteiger partial charge in [0.15, 0.2) is 0 Å². The first-order chi connectivity index (χ1) is 9.67. The summed E-state index contributed by atoms with van der Waals surface area (Å²) in [5, 5.41) is 3.14. The Bertz CT molecular complexity index is 436. The molecule has 112 valence electrons. The molecule has 0 aliphatic carbocycles. The number of likely N-dealkylation sites (N-methyl/N-ethyl adjacent to an activating group) is 1. The maximum Gasteiger partial charge on any atom is 0.146 e. The van der Waals surface area contributed by atoms with E-state index in [0.717, 1.165) is 43.7 Å². The lowest BCUT2D eigenvalue weighted by molar-refractivity contribution is 0.327. The number of anilines is 1. The van der Waals surface area contributed by atoms with E-state index < -0.39 is 0 Å². The Morgan fingerprint density at radius 1 is 1.35 bits per heavy atom. The Kier molecular flexibility index (Phi) is 5.38. The molecule has 1 saturated heterocycles. The zero-order chi connectivity index (χ0) is 14.5. The van der Waals surface area contributed by atoms with Gasteiger partial charge in [0, 0.05) is 25.7 Å². The molecular weight excluding hydrogens is 253 g/mol. The maximum atomic E-state index is 14.4. The van der Waals surface area contributed by atoms with Crippen LogP contribution >= 0.6 is 0 Å². The van der Waals surface area contributed by atoms with E-state index in [0.29, 0.717) is 12.6 Å². The minimum absolute atomic E-state index is 0.0965. The van der Waals surface area contributed by atoms with Crippen LogP contribution in [0.4, 0.5) is 10.1 Å². The second-order valence-corrected chi connectivity index (χ2v) is 5.65. The zero-order valence-electron chi connectivity index (χ0n) is 12.8. The molecule has 1 unspecified atom stereocenters. The summed E-state index contributed by atoms with van der Waals surface area (Å²) in [6.45, 7) is 5.92. The van der Waals surface area contributed by atoms with Gasteiger partial charge in [-0.15, -0.1) is 0 Å². The van der Waals surface area contributed by atoms with Crippen LogP contribution < -0.4 is 10.2 Å². The van der Waals surface area contributed by atoms with Crippen molar-refractivity contribution in [2.24, 2.45) is 0 Å². The van der Waals surface area contributed by atoms with Gasteiger partial charge < -0.3 is 15.1 Å². The third-order valence-electron chi connectivity index (χ3n) is 4.10. The van der Waals surface area contributed by atoms with E-state index >= 15 is 0 Å². The summed E-state index contributed by atoms with van der Waals surface area (Å²) >= 11 is 0. The molecular formula is C16H26FN3. The molecule has 1 heterocycles. The van der Waals surface area contributed by atoms with Crippen LogP contribution in [0.25, 0.3) is 0 Å². The predicted octanol–water partition coefficient (Wildman–Crippen LogP) is 2.47. The fourth-order valence-corrected chi connectivity index (χ4v) is 3.10. The minimum atomic E-state index is -0.0965. The lowest BCUT2D eigenvalue weighted by Crippen LogP contribution is -2.41. The number of benzene rings is 1. The molecule has 4 heteroatoms. The second kappa shape index (κ2) is 7.04. The Labute approximate surface area is 121 Å². The number of nitrogens with one attached hydrogen (secondary N) is 1. The molecule has 1 fully saturated rings. The fraction of sp³-hybridized carbons (Fsp3) is 0.625. The SMILES string of the molecule is CCC1CN(C)CCCN1c1c(F)cccc1CNC. The van der Waals surface area contributed by atoms with Crippen LogP contribution in [0.2, 0.25) is 0 Å². The highest BCUT2D eigenvalue weighted by Gasteiger charge is 2.25. The van der Waals surface area contributed by atoms with Crippen LogP contribution in [0, 0.1) is 5.82 Å². The molecule has 0 aromatic heterocycles. The van der Waals surface area contributed by atoms with Gasteiger partial charge >= 0.3 is 0 Å². The molecule has 1 N–H and O–H groups in total. The Morgan fingerprint density at radius 3 is 2.85 bits per heavy atom. The molecule has 1 aliphatic rings. The topological polar surface area (TPSA) is 18.5 Å². The summed E-state index contributed by atoms with van der Waals surface area (Å²) in [6.07, 6.45) is 2.12. The summed E-state index contributed by atoms with van der Waals surface area (Å²) in [4.78, 5) is 4.64. The molecule has 1 atom stereocenters. The van der Waals surface area contributed by atoms with Gasteiger partial charge in [-0.2, -0.15) is 0 Å². The number of halogens is 1. The van der Waals surface area contributed by atoms with Gasteiger partial charge in [-0.25, -0.2) is 4.39 Å². The molecule has 3 nitrogen and oxygen atoms in total. The van der Waals surface area contributed by atoms with Crippen molar-refractivity contribution in [2.75, 3.05) is 38.6 Å². The van der Waals surface area contributed by atoms with Crippen LogP contribution in [-0.4, -0.2) is 44.7 Å². The van der Waals surface area contributed by atoms with Crippen molar-refractivity contribution in [3.63, 3.8) is 0 Å². The van der Waals surface area contributed by atoms with E-state index in [1.807, 2.05) is 13.1 Å². The fourth-order valence-electron chi connectivity index (χ4n) is 3.10. The molecule has 1 aromatic carbocycles. The van der Waals surface area contributed by atoms with Gasteiger partial charge in [0.05, 0.1) is 5.69 Å². The molecule has 2 rings (SSSR count). The van der Waals surface area contributed by atoms with E-state index in [2.05, 4.69) is 29.1 Å². The normalized spacial score (nSPS) is 21.0. The van der Waals surface area contributed by atoms with Crippen molar-refractivity contribution in [1.29, 1.82) is 0 Å². The summed E-state index contributed by atoms with van der Waals surface area (Å²) < 4.78 is 14.4. The van der Waals surface area contributed by atoms with Crippen molar-refractivity contribution in [3.8, 4) is 0 Å². The van der Waals surface area contributed by atoms with Crippen molar-refractivity contribution < 1.29 is 4.39 Å². The first-order valence-electron chi connectivity index (χ1n) is 7.54. The molecule has 0 amide bonds. The third kappa shape index (κ3) is 3.30. The molecule has 0 radical (unpaired) electrons. The first-order valence-corrected chi connectivity index (χ1v) is 7.54. The molecule has 1 aliphatic heterocycles. The number of rotatable bonds is 4. The van der Waals surface area contributed by atoms with Crippen molar-refractivity contribution in [3.05, 3.63) is 29.6 Å². The largest absolute Gasteiger partial charge is 0.365 e. The average Bonchev–Trinajstić information content (AvgIpc) is 2.61. The first kappa shape index (κ1) is 15.3. The number of nitrogens with zero attached hydrogens (tertiary/aromatic N) is 2. The summed E-state index contributed by atoms with van der Waals surface area (Å²) in [7, 11) is 4.06. The van der Waals surface area contributed by atoms with E-state index in [-0.39, 0.29) is 5.82 Å². The van der Waals surface area contributed by atoms with E-state index in [9.17, 15) is 4.39 Å². The van der Waals surface area contributed by atoms with E-state index in [4.69, 9.17) is 0 Å². The van der Waals surface area contributed by atoms with E-state index in [1.54, 1.807) is 12.1 Å². The van der Waals surface area contributed by atoms with Crippen LogP contribution in [0.5, 0.6) is 0 Å². The average molecular weight is 279 g/mol. The highest BCUT2D eigenvalue weighted by molar-refractivity contribution is 5.56. The maximum absolute atomic E-state index is 14.4. The molecule has 20 heavy (non-hydrogen) atoms. The van der Waals surface area contributed by atoms with Gasteiger partial charge in [0.1, 0.15) is 5.82 Å². The van der Waals surface area contributed by atoms with E-state index in [1.165, 1.54) is 0 Å². The van der Waals surface area contributed by atoms with Crippen molar-refractivity contribution in [2.45, 2.75) is 32.4 Å². The van der Waals surface area contributed by atoms with Gasteiger partial charge in [0.25, 0.3) is 0 Å². The van der Waals surface area contributed by atoms with Crippen LogP contribution in [0.1, 0.15) is 25.3 Å². The summed E-state index contributed by atoms with van der Waals surface area (Å²) in [5.74, 6) is -0.0965. The zero-order valence-corrected chi connectivity index (χ0v) is 12.8. The van der Waals surface area contributed by atoms with Gasteiger partial charge in [0.2, 0.25) is 0 Å². The second-order valence-electron chi connectivity index (χ2n) is 5.65. The van der Waals surface area contributed by atoms with Crippen molar-refractivity contribution in [1.82, 2.24) is 10.2 Å². The quantitative estimate of drug-likeness (QED) is 0.913. The lowest BCUT2D eigenvalue weighted by atomic mass is 10.1. The monoisotopic (exact) mass is 279 g/mol. The minimum Gasteiger partial charge on any atom is -0.365 e. The smallest absolute Gasteiger partial charge is 0.146 e. The summed E-state index contributed by atoms with van der Waals surface area (Å²) in [5.41, 5.74) is 1.85. The van der Waals surface area contributed by atoms with Crippen LogP contribution in [-0.2, 0) is 6.54 Å². The molecule has 0 spiro atoms. The number of para-hydroxylation sites is 1. The van der Waals surface area contributed by atoms with Gasteiger partial charge in [-0.3, -0.25) is 0 Å². The van der Waals surface area contributed by atoms with Crippen LogP contribution in [0.15, 0.2) is 18.2 Å². The predicted molar refractivity (Wildman–Crippen MR) is 82.7 cm³/mol. The number of hydrogen-bond acceptors (Lipinski definition) is 3. The van der Waals surface area contributed by atoms with Gasteiger partial charge in [-0.05, 0) is 45.1 Å². The van der Waals surface area contributed by atoms with Gasteiger partial charge in [-0.1, -0.05) is 19.1 Å². The Morgan fingerprint density at radius 2 is 2.15 bits per heavy atom. The third-order valence-corrected chi connectivity index (χ3v) is 4.10. The Balaban J connectivity index is 2.36. The highest BCUT2D eigenvalue weighted by Crippen LogP contribution is 2.29. The standard InChI is InChI=1S/C16H26FN3/c1-4-14-12-19(3)9-6-10-20(14)16-13(11-18-2)7-5-8-15(16)17/h5,7-8,14,18H,4,6,9-12H2,1-3H3. The molecule has 0 bridgehead atoms.